The predicted molar refractivity (Wildman–Crippen MR) is 66.0 cm³/mol. The molecular formula is C13H9ClFNO2. The SMILES string of the molecule is O=C(O)Cc1ncc(Cl)cc1-c1cccc(F)c1. The van der Waals surface area contributed by atoms with Crippen LogP contribution in [-0.4, -0.2) is 16.1 Å². The van der Waals surface area contributed by atoms with Gasteiger partial charge in [0.1, 0.15) is 5.82 Å². The third kappa shape index (κ3) is 2.84. The Kier molecular flexibility index (Phi) is 3.58. The Labute approximate surface area is 108 Å². The summed E-state index contributed by atoms with van der Waals surface area (Å²) < 4.78 is 13.2. The van der Waals surface area contributed by atoms with Gasteiger partial charge in [0.25, 0.3) is 0 Å². The van der Waals surface area contributed by atoms with Crippen LogP contribution in [0.2, 0.25) is 5.02 Å². The third-order valence-electron chi connectivity index (χ3n) is 2.39. The highest BCUT2D eigenvalue weighted by Crippen LogP contribution is 2.26. The number of rotatable bonds is 3. The van der Waals surface area contributed by atoms with Crippen molar-refractivity contribution in [3.63, 3.8) is 0 Å². The van der Waals surface area contributed by atoms with Crippen LogP contribution in [0.3, 0.4) is 0 Å². The van der Waals surface area contributed by atoms with E-state index < -0.39 is 11.8 Å². The molecule has 0 fully saturated rings. The first-order valence-corrected chi connectivity index (χ1v) is 5.56. The van der Waals surface area contributed by atoms with E-state index in [1.165, 1.54) is 18.3 Å². The number of halogens is 2. The van der Waals surface area contributed by atoms with Gasteiger partial charge < -0.3 is 5.11 Å². The zero-order valence-corrected chi connectivity index (χ0v) is 9.99. The van der Waals surface area contributed by atoms with Crippen molar-refractivity contribution in [1.29, 1.82) is 0 Å². The molecule has 1 N–H and O–H groups in total. The maximum Gasteiger partial charge on any atom is 0.309 e. The van der Waals surface area contributed by atoms with Gasteiger partial charge >= 0.3 is 5.97 Å². The van der Waals surface area contributed by atoms with Crippen LogP contribution in [0.5, 0.6) is 0 Å². The molecule has 5 heteroatoms. The summed E-state index contributed by atoms with van der Waals surface area (Å²) in [5, 5.41) is 9.19. The number of pyridine rings is 1. The van der Waals surface area contributed by atoms with E-state index >= 15 is 0 Å². The van der Waals surface area contributed by atoms with Gasteiger partial charge in [0.2, 0.25) is 0 Å². The maximum atomic E-state index is 13.2. The van der Waals surface area contributed by atoms with E-state index in [0.717, 1.165) is 0 Å². The quantitative estimate of drug-likeness (QED) is 0.927. The largest absolute Gasteiger partial charge is 0.481 e. The molecule has 0 radical (unpaired) electrons. The van der Waals surface area contributed by atoms with Gasteiger partial charge in [-0.3, -0.25) is 9.78 Å². The maximum absolute atomic E-state index is 13.2. The summed E-state index contributed by atoms with van der Waals surface area (Å²) in [5.74, 6) is -1.39. The van der Waals surface area contributed by atoms with E-state index in [1.807, 2.05) is 0 Å². The smallest absolute Gasteiger partial charge is 0.309 e. The first-order valence-electron chi connectivity index (χ1n) is 5.18. The number of carboxylic acids is 1. The Balaban J connectivity index is 2.54. The van der Waals surface area contributed by atoms with E-state index in [0.29, 0.717) is 21.8 Å². The fourth-order valence-electron chi connectivity index (χ4n) is 1.66. The lowest BCUT2D eigenvalue weighted by molar-refractivity contribution is -0.136. The van der Waals surface area contributed by atoms with Crippen LogP contribution in [0.4, 0.5) is 4.39 Å². The van der Waals surface area contributed by atoms with Crippen molar-refractivity contribution >= 4 is 17.6 Å². The van der Waals surface area contributed by atoms with Crippen molar-refractivity contribution in [2.45, 2.75) is 6.42 Å². The average Bonchev–Trinajstić information content (AvgIpc) is 2.31. The summed E-state index contributed by atoms with van der Waals surface area (Å²) in [7, 11) is 0. The molecule has 0 atom stereocenters. The topological polar surface area (TPSA) is 50.2 Å². The van der Waals surface area contributed by atoms with E-state index in [9.17, 15) is 9.18 Å². The second-order valence-corrected chi connectivity index (χ2v) is 4.17. The number of nitrogens with zero attached hydrogens (tertiary/aromatic N) is 1. The molecule has 18 heavy (non-hydrogen) atoms. The highest BCUT2D eigenvalue weighted by Gasteiger charge is 2.11. The molecule has 1 heterocycles. The normalized spacial score (nSPS) is 10.3. The van der Waals surface area contributed by atoms with Crippen LogP contribution in [-0.2, 0) is 11.2 Å². The molecule has 2 rings (SSSR count). The number of aromatic nitrogens is 1. The summed E-state index contributed by atoms with van der Waals surface area (Å²) in [4.78, 5) is 14.7. The molecule has 0 aliphatic carbocycles. The number of benzene rings is 1. The minimum atomic E-state index is -0.998. The predicted octanol–water partition coefficient (Wildman–Crippen LogP) is 3.17. The number of aliphatic carboxylic acids is 1. The first-order chi connectivity index (χ1) is 8.56. The summed E-state index contributed by atoms with van der Waals surface area (Å²) in [6.45, 7) is 0. The van der Waals surface area contributed by atoms with Crippen molar-refractivity contribution in [3.8, 4) is 11.1 Å². The van der Waals surface area contributed by atoms with Gasteiger partial charge in [-0.2, -0.15) is 0 Å². The third-order valence-corrected chi connectivity index (χ3v) is 2.60. The molecule has 3 nitrogen and oxygen atoms in total. The zero-order chi connectivity index (χ0) is 13.1. The van der Waals surface area contributed by atoms with Crippen molar-refractivity contribution in [2.24, 2.45) is 0 Å². The Morgan fingerprint density at radius 2 is 2.17 bits per heavy atom. The van der Waals surface area contributed by atoms with Crippen molar-refractivity contribution in [1.82, 2.24) is 4.98 Å². The van der Waals surface area contributed by atoms with E-state index in [2.05, 4.69) is 4.98 Å². The second kappa shape index (κ2) is 5.14. The lowest BCUT2D eigenvalue weighted by Crippen LogP contribution is -2.04. The molecule has 1 aromatic carbocycles. The van der Waals surface area contributed by atoms with E-state index in [1.54, 1.807) is 18.2 Å². The minimum Gasteiger partial charge on any atom is -0.481 e. The molecule has 0 aliphatic rings. The van der Waals surface area contributed by atoms with Crippen LogP contribution < -0.4 is 0 Å². The standard InChI is InChI=1S/C13H9ClFNO2/c14-9-5-11(8-2-1-3-10(15)4-8)12(16-7-9)6-13(17)18/h1-5,7H,6H2,(H,17,18). The highest BCUT2D eigenvalue weighted by molar-refractivity contribution is 6.30. The van der Waals surface area contributed by atoms with Gasteiger partial charge in [0.05, 0.1) is 17.1 Å². The molecule has 0 amide bonds. The van der Waals surface area contributed by atoms with Crippen LogP contribution >= 0.6 is 11.6 Å². The molecule has 0 aliphatic heterocycles. The fourth-order valence-corrected chi connectivity index (χ4v) is 1.82. The summed E-state index contributed by atoms with van der Waals surface area (Å²) in [6, 6.07) is 7.45. The van der Waals surface area contributed by atoms with Gasteiger partial charge in [-0.1, -0.05) is 23.7 Å². The lowest BCUT2D eigenvalue weighted by atomic mass is 10.0. The summed E-state index contributed by atoms with van der Waals surface area (Å²) >= 11 is 5.84. The first kappa shape index (κ1) is 12.5. The van der Waals surface area contributed by atoms with Crippen LogP contribution in [0, 0.1) is 5.82 Å². The molecule has 0 bridgehead atoms. The van der Waals surface area contributed by atoms with Crippen molar-refractivity contribution in [3.05, 3.63) is 53.1 Å². The van der Waals surface area contributed by atoms with Crippen molar-refractivity contribution < 1.29 is 14.3 Å². The molecule has 2 aromatic rings. The Morgan fingerprint density at radius 1 is 1.39 bits per heavy atom. The van der Waals surface area contributed by atoms with Gasteiger partial charge in [0, 0.05) is 11.8 Å². The lowest BCUT2D eigenvalue weighted by Gasteiger charge is -2.07. The van der Waals surface area contributed by atoms with Gasteiger partial charge in [-0.15, -0.1) is 0 Å². The number of hydrogen-bond acceptors (Lipinski definition) is 2. The van der Waals surface area contributed by atoms with Crippen molar-refractivity contribution in [2.75, 3.05) is 0 Å². The average molecular weight is 266 g/mol. The molecular weight excluding hydrogens is 257 g/mol. The number of carbonyl (C=O) groups is 1. The minimum absolute atomic E-state index is 0.233. The Bertz CT molecular complexity index is 601. The molecule has 0 spiro atoms. The molecule has 0 saturated carbocycles. The molecule has 0 saturated heterocycles. The number of carboxylic acid groups (broad SMARTS) is 1. The van der Waals surface area contributed by atoms with Crippen LogP contribution in [0.25, 0.3) is 11.1 Å². The number of hydrogen-bond donors (Lipinski definition) is 1. The fraction of sp³-hybridized carbons (Fsp3) is 0.0769. The van der Waals surface area contributed by atoms with Crippen LogP contribution in [0.15, 0.2) is 36.5 Å². The highest BCUT2D eigenvalue weighted by atomic mass is 35.5. The molecule has 0 unspecified atom stereocenters. The second-order valence-electron chi connectivity index (χ2n) is 3.73. The molecule has 92 valence electrons. The monoisotopic (exact) mass is 265 g/mol. The van der Waals surface area contributed by atoms with Gasteiger partial charge in [-0.05, 0) is 23.8 Å². The van der Waals surface area contributed by atoms with Crippen LogP contribution in [0.1, 0.15) is 5.69 Å². The van der Waals surface area contributed by atoms with Gasteiger partial charge in [0.15, 0.2) is 0 Å². The Morgan fingerprint density at radius 3 is 2.83 bits per heavy atom. The summed E-state index contributed by atoms with van der Waals surface area (Å²) in [6.07, 6.45) is 1.14. The van der Waals surface area contributed by atoms with E-state index in [4.69, 9.17) is 16.7 Å². The molecule has 1 aromatic heterocycles. The zero-order valence-electron chi connectivity index (χ0n) is 9.23. The van der Waals surface area contributed by atoms with Gasteiger partial charge in [-0.25, -0.2) is 4.39 Å². The van der Waals surface area contributed by atoms with E-state index in [-0.39, 0.29) is 6.42 Å². The Hall–Kier alpha value is -1.94. The summed E-state index contributed by atoms with van der Waals surface area (Å²) in [5.41, 5.74) is 1.45.